The molecule has 0 aliphatic rings. The molecule has 1 aromatic carbocycles. The highest BCUT2D eigenvalue weighted by Gasteiger charge is 2.15. The van der Waals surface area contributed by atoms with Crippen LogP contribution in [0.15, 0.2) is 28.7 Å². The minimum absolute atomic E-state index is 0.0299. The molecule has 19 heavy (non-hydrogen) atoms. The SMILES string of the molecule is Cc1cc(C(=O)Nc2ccc(C#N)cc2F)c(C)o1. The van der Waals surface area contributed by atoms with Crippen LogP contribution in [0.2, 0.25) is 0 Å². The summed E-state index contributed by atoms with van der Waals surface area (Å²) in [5.74, 6) is -0.00442. The van der Waals surface area contributed by atoms with Gasteiger partial charge in [-0.2, -0.15) is 5.26 Å². The maximum Gasteiger partial charge on any atom is 0.259 e. The molecule has 0 spiro atoms. The van der Waals surface area contributed by atoms with Crippen molar-refractivity contribution in [3.8, 4) is 6.07 Å². The first-order valence-electron chi connectivity index (χ1n) is 5.59. The van der Waals surface area contributed by atoms with E-state index in [1.54, 1.807) is 19.9 Å². The zero-order chi connectivity index (χ0) is 14.0. The van der Waals surface area contributed by atoms with Crippen LogP contribution >= 0.6 is 0 Å². The number of nitrogens with one attached hydrogen (secondary N) is 1. The molecule has 5 heteroatoms. The fraction of sp³-hybridized carbons (Fsp3) is 0.143. The molecule has 0 saturated heterocycles. The van der Waals surface area contributed by atoms with E-state index in [9.17, 15) is 9.18 Å². The van der Waals surface area contributed by atoms with Gasteiger partial charge < -0.3 is 9.73 Å². The molecule has 1 N–H and O–H groups in total. The molecular weight excluding hydrogens is 247 g/mol. The molecule has 96 valence electrons. The molecular formula is C14H11FN2O2. The first-order valence-corrected chi connectivity index (χ1v) is 5.59. The summed E-state index contributed by atoms with van der Waals surface area (Å²) in [6.07, 6.45) is 0. The number of furan rings is 1. The lowest BCUT2D eigenvalue weighted by Crippen LogP contribution is -2.13. The van der Waals surface area contributed by atoms with E-state index < -0.39 is 11.7 Å². The summed E-state index contributed by atoms with van der Waals surface area (Å²) in [6, 6.07) is 7.28. The summed E-state index contributed by atoms with van der Waals surface area (Å²) in [5, 5.41) is 11.1. The number of hydrogen-bond donors (Lipinski definition) is 1. The summed E-state index contributed by atoms with van der Waals surface area (Å²) in [4.78, 5) is 12.0. The Kier molecular flexibility index (Phi) is 3.34. The summed E-state index contributed by atoms with van der Waals surface area (Å²) in [6.45, 7) is 3.39. The lowest BCUT2D eigenvalue weighted by atomic mass is 10.2. The number of hydrogen-bond acceptors (Lipinski definition) is 3. The van der Waals surface area contributed by atoms with Crippen LogP contribution < -0.4 is 5.32 Å². The van der Waals surface area contributed by atoms with Crippen LogP contribution in [-0.4, -0.2) is 5.91 Å². The van der Waals surface area contributed by atoms with Crippen LogP contribution in [-0.2, 0) is 0 Å². The van der Waals surface area contributed by atoms with Crippen LogP contribution in [0.25, 0.3) is 0 Å². The minimum atomic E-state index is -0.648. The van der Waals surface area contributed by atoms with Crippen molar-refractivity contribution in [1.29, 1.82) is 5.26 Å². The Morgan fingerprint density at radius 3 is 2.63 bits per heavy atom. The van der Waals surface area contributed by atoms with Crippen molar-refractivity contribution in [1.82, 2.24) is 0 Å². The first-order chi connectivity index (χ1) is 9.01. The van der Waals surface area contributed by atoms with E-state index in [0.29, 0.717) is 17.1 Å². The van der Waals surface area contributed by atoms with Crippen molar-refractivity contribution >= 4 is 11.6 Å². The lowest BCUT2D eigenvalue weighted by Gasteiger charge is -2.05. The Labute approximate surface area is 109 Å². The van der Waals surface area contributed by atoms with E-state index in [-0.39, 0.29) is 11.3 Å². The maximum absolute atomic E-state index is 13.6. The number of rotatable bonds is 2. The Bertz CT molecular complexity index is 683. The molecule has 0 bridgehead atoms. The molecule has 0 aliphatic carbocycles. The number of benzene rings is 1. The second-order valence-corrected chi connectivity index (χ2v) is 4.09. The maximum atomic E-state index is 13.6. The van der Waals surface area contributed by atoms with E-state index in [4.69, 9.17) is 9.68 Å². The van der Waals surface area contributed by atoms with Gasteiger partial charge >= 0.3 is 0 Å². The predicted octanol–water partition coefficient (Wildman–Crippen LogP) is 3.16. The fourth-order valence-corrected chi connectivity index (χ4v) is 1.73. The van der Waals surface area contributed by atoms with Gasteiger partial charge in [-0.05, 0) is 38.1 Å². The third-order valence-electron chi connectivity index (χ3n) is 2.63. The van der Waals surface area contributed by atoms with Gasteiger partial charge in [-0.1, -0.05) is 0 Å². The third kappa shape index (κ3) is 2.63. The van der Waals surface area contributed by atoms with Gasteiger partial charge in [0, 0.05) is 0 Å². The molecule has 1 amide bonds. The number of carbonyl (C=O) groups excluding carboxylic acids is 1. The van der Waals surface area contributed by atoms with Crippen molar-refractivity contribution in [2.45, 2.75) is 13.8 Å². The van der Waals surface area contributed by atoms with Gasteiger partial charge in [0.05, 0.1) is 22.9 Å². The lowest BCUT2D eigenvalue weighted by molar-refractivity contribution is 0.102. The Hall–Kier alpha value is -2.61. The number of aryl methyl sites for hydroxylation is 2. The van der Waals surface area contributed by atoms with Crippen molar-refractivity contribution in [2.75, 3.05) is 5.32 Å². The third-order valence-corrected chi connectivity index (χ3v) is 2.63. The van der Waals surface area contributed by atoms with Crippen molar-refractivity contribution in [2.24, 2.45) is 0 Å². The summed E-state index contributed by atoms with van der Waals surface area (Å²) in [5.41, 5.74) is 0.592. The Balaban J connectivity index is 2.25. The highest BCUT2D eigenvalue weighted by Crippen LogP contribution is 2.19. The largest absolute Gasteiger partial charge is 0.466 e. The van der Waals surface area contributed by atoms with Crippen molar-refractivity contribution in [3.05, 3.63) is 52.7 Å². The number of amides is 1. The number of nitriles is 1. The van der Waals surface area contributed by atoms with Gasteiger partial charge in [0.25, 0.3) is 5.91 Å². The number of carbonyl (C=O) groups is 1. The zero-order valence-electron chi connectivity index (χ0n) is 10.5. The highest BCUT2D eigenvalue weighted by molar-refractivity contribution is 6.05. The van der Waals surface area contributed by atoms with E-state index in [0.717, 1.165) is 6.07 Å². The Morgan fingerprint density at radius 1 is 1.37 bits per heavy atom. The van der Waals surface area contributed by atoms with Gasteiger partial charge in [0.2, 0.25) is 0 Å². The summed E-state index contributed by atoms with van der Waals surface area (Å²) in [7, 11) is 0. The van der Waals surface area contributed by atoms with Crippen molar-refractivity contribution in [3.63, 3.8) is 0 Å². The minimum Gasteiger partial charge on any atom is -0.466 e. The smallest absolute Gasteiger partial charge is 0.259 e. The quantitative estimate of drug-likeness (QED) is 0.899. The number of halogens is 1. The van der Waals surface area contributed by atoms with Crippen LogP contribution in [0, 0.1) is 31.0 Å². The molecule has 0 unspecified atom stereocenters. The van der Waals surface area contributed by atoms with Crippen LogP contribution in [0.4, 0.5) is 10.1 Å². The number of nitrogens with zero attached hydrogens (tertiary/aromatic N) is 1. The first kappa shape index (κ1) is 12.8. The molecule has 0 radical (unpaired) electrons. The topological polar surface area (TPSA) is 66.0 Å². The summed E-state index contributed by atoms with van der Waals surface area (Å²) < 4.78 is 18.9. The average Bonchev–Trinajstić information content (AvgIpc) is 2.71. The zero-order valence-corrected chi connectivity index (χ0v) is 10.5. The molecule has 0 atom stereocenters. The average molecular weight is 258 g/mol. The second kappa shape index (κ2) is 4.94. The monoisotopic (exact) mass is 258 g/mol. The molecule has 0 aliphatic heterocycles. The van der Waals surface area contributed by atoms with Crippen LogP contribution in [0.5, 0.6) is 0 Å². The van der Waals surface area contributed by atoms with E-state index >= 15 is 0 Å². The Morgan fingerprint density at radius 2 is 2.11 bits per heavy atom. The highest BCUT2D eigenvalue weighted by atomic mass is 19.1. The molecule has 1 aromatic heterocycles. The molecule has 2 aromatic rings. The molecule has 2 rings (SSSR count). The van der Waals surface area contributed by atoms with E-state index in [2.05, 4.69) is 5.32 Å². The van der Waals surface area contributed by atoms with E-state index in [1.807, 2.05) is 6.07 Å². The van der Waals surface area contributed by atoms with Crippen molar-refractivity contribution < 1.29 is 13.6 Å². The molecule has 0 saturated carbocycles. The molecule has 1 heterocycles. The van der Waals surface area contributed by atoms with E-state index in [1.165, 1.54) is 12.1 Å². The predicted molar refractivity (Wildman–Crippen MR) is 67.3 cm³/mol. The summed E-state index contributed by atoms with van der Waals surface area (Å²) >= 11 is 0. The molecule has 0 fully saturated rings. The van der Waals surface area contributed by atoms with Crippen LogP contribution in [0.3, 0.4) is 0 Å². The fourth-order valence-electron chi connectivity index (χ4n) is 1.73. The van der Waals surface area contributed by atoms with Gasteiger partial charge in [-0.25, -0.2) is 4.39 Å². The number of anilines is 1. The van der Waals surface area contributed by atoms with Gasteiger partial charge in [0.1, 0.15) is 17.3 Å². The molecule has 4 nitrogen and oxygen atoms in total. The van der Waals surface area contributed by atoms with Gasteiger partial charge in [0.15, 0.2) is 0 Å². The second-order valence-electron chi connectivity index (χ2n) is 4.09. The van der Waals surface area contributed by atoms with Crippen LogP contribution in [0.1, 0.15) is 27.4 Å². The normalized spacial score (nSPS) is 10.0. The van der Waals surface area contributed by atoms with Gasteiger partial charge in [-0.15, -0.1) is 0 Å². The standard InChI is InChI=1S/C14H11FN2O2/c1-8-5-11(9(2)19-8)14(18)17-13-4-3-10(7-16)6-12(13)15/h3-6H,1-2H3,(H,17,18). The van der Waals surface area contributed by atoms with Gasteiger partial charge in [-0.3, -0.25) is 4.79 Å².